The number of hydrogen-bond acceptors (Lipinski definition) is 8. The van der Waals surface area contributed by atoms with E-state index in [1.54, 1.807) is 0 Å². The highest BCUT2D eigenvalue weighted by Crippen LogP contribution is 2.27. The molecule has 160 valence electrons. The van der Waals surface area contributed by atoms with Crippen molar-refractivity contribution in [3.8, 4) is 0 Å². The SMILES string of the molecule is NC(=O)OCC1CCC(Nc2ncc(C(N)=O)c(N[C@@H]3CCC[C@@H](O)C3)n2)CC1. The van der Waals surface area contributed by atoms with Gasteiger partial charge in [-0.05, 0) is 57.3 Å². The Balaban J connectivity index is 1.60. The molecule has 2 saturated carbocycles. The molecule has 0 aliphatic heterocycles. The van der Waals surface area contributed by atoms with Gasteiger partial charge in [0, 0.05) is 18.3 Å². The summed E-state index contributed by atoms with van der Waals surface area (Å²) >= 11 is 0. The Kier molecular flexibility index (Phi) is 7.08. The molecular formula is C19H30N6O4. The summed E-state index contributed by atoms with van der Waals surface area (Å²) in [6.07, 6.45) is 7.20. The van der Waals surface area contributed by atoms with E-state index < -0.39 is 12.0 Å². The van der Waals surface area contributed by atoms with Crippen molar-refractivity contribution < 1.29 is 19.4 Å². The third kappa shape index (κ3) is 6.18. The third-order valence-corrected chi connectivity index (χ3v) is 5.68. The zero-order chi connectivity index (χ0) is 20.8. The monoisotopic (exact) mass is 406 g/mol. The number of carbonyl (C=O) groups is 2. The molecule has 1 heterocycles. The lowest BCUT2D eigenvalue weighted by atomic mass is 9.86. The quantitative estimate of drug-likeness (QED) is 0.452. The number of ether oxygens (including phenoxy) is 1. The maximum atomic E-state index is 11.8. The number of nitrogens with one attached hydrogen (secondary N) is 2. The number of hydrogen-bond donors (Lipinski definition) is 5. The van der Waals surface area contributed by atoms with E-state index in [0.717, 1.165) is 44.9 Å². The minimum Gasteiger partial charge on any atom is -0.449 e. The number of amides is 2. The Hall–Kier alpha value is -2.62. The van der Waals surface area contributed by atoms with Crippen LogP contribution in [0.2, 0.25) is 0 Å². The van der Waals surface area contributed by atoms with Crippen LogP contribution in [0.15, 0.2) is 6.20 Å². The Labute approximate surface area is 169 Å². The summed E-state index contributed by atoms with van der Waals surface area (Å²) in [5.74, 6) is 0.558. The number of nitrogens with zero attached hydrogens (tertiary/aromatic N) is 2. The second kappa shape index (κ2) is 9.73. The van der Waals surface area contributed by atoms with Crippen LogP contribution in [0.4, 0.5) is 16.6 Å². The van der Waals surface area contributed by atoms with Gasteiger partial charge in [-0.3, -0.25) is 4.79 Å². The minimum atomic E-state index is -0.737. The van der Waals surface area contributed by atoms with Crippen LogP contribution in [0.3, 0.4) is 0 Å². The molecule has 10 nitrogen and oxygen atoms in total. The van der Waals surface area contributed by atoms with Gasteiger partial charge in [0.2, 0.25) is 5.95 Å². The van der Waals surface area contributed by atoms with Gasteiger partial charge in [-0.1, -0.05) is 0 Å². The van der Waals surface area contributed by atoms with Crippen LogP contribution < -0.4 is 22.1 Å². The first kappa shape index (κ1) is 21.1. The van der Waals surface area contributed by atoms with Crippen LogP contribution in [0.1, 0.15) is 61.7 Å². The van der Waals surface area contributed by atoms with Gasteiger partial charge in [0.05, 0.1) is 18.3 Å². The Morgan fingerprint density at radius 3 is 2.52 bits per heavy atom. The Bertz CT molecular complexity index is 723. The minimum absolute atomic E-state index is 0.0419. The molecule has 0 unspecified atom stereocenters. The van der Waals surface area contributed by atoms with E-state index in [1.165, 1.54) is 6.20 Å². The van der Waals surface area contributed by atoms with Gasteiger partial charge in [-0.25, -0.2) is 9.78 Å². The molecule has 2 aliphatic rings. The van der Waals surface area contributed by atoms with Crippen LogP contribution >= 0.6 is 0 Å². The second-order valence-electron chi connectivity index (χ2n) is 7.97. The van der Waals surface area contributed by atoms with Gasteiger partial charge in [0.1, 0.15) is 5.82 Å². The highest BCUT2D eigenvalue weighted by Gasteiger charge is 2.25. The molecule has 2 aliphatic carbocycles. The van der Waals surface area contributed by atoms with E-state index >= 15 is 0 Å². The molecule has 0 bridgehead atoms. The van der Waals surface area contributed by atoms with E-state index in [4.69, 9.17) is 16.2 Å². The molecule has 1 aromatic heterocycles. The molecule has 0 spiro atoms. The zero-order valence-electron chi connectivity index (χ0n) is 16.5. The average Bonchev–Trinajstić information content (AvgIpc) is 2.67. The number of nitrogens with two attached hydrogens (primary N) is 2. The molecule has 10 heteroatoms. The summed E-state index contributed by atoms with van der Waals surface area (Å²) in [6, 6.07) is 0.240. The van der Waals surface area contributed by atoms with Crippen LogP contribution in [-0.2, 0) is 4.74 Å². The van der Waals surface area contributed by atoms with E-state index in [9.17, 15) is 14.7 Å². The van der Waals surface area contributed by atoms with Gasteiger partial charge in [0.25, 0.3) is 5.91 Å². The van der Waals surface area contributed by atoms with Crippen molar-refractivity contribution in [2.45, 2.75) is 69.6 Å². The van der Waals surface area contributed by atoms with Gasteiger partial charge >= 0.3 is 6.09 Å². The normalized spacial score (nSPS) is 27.1. The van der Waals surface area contributed by atoms with Crippen molar-refractivity contribution in [1.29, 1.82) is 0 Å². The van der Waals surface area contributed by atoms with Crippen LogP contribution in [0.5, 0.6) is 0 Å². The number of rotatable bonds is 7. The molecule has 0 saturated heterocycles. The van der Waals surface area contributed by atoms with Gasteiger partial charge < -0.3 is 31.9 Å². The molecule has 2 atom stereocenters. The second-order valence-corrected chi connectivity index (χ2v) is 7.97. The lowest BCUT2D eigenvalue weighted by Gasteiger charge is -2.29. The maximum Gasteiger partial charge on any atom is 0.404 e. The fourth-order valence-electron chi connectivity index (χ4n) is 4.09. The lowest BCUT2D eigenvalue weighted by Crippen LogP contribution is -2.32. The maximum absolute atomic E-state index is 11.8. The highest BCUT2D eigenvalue weighted by molar-refractivity contribution is 5.97. The molecule has 29 heavy (non-hydrogen) atoms. The number of anilines is 2. The molecule has 0 aromatic carbocycles. The van der Waals surface area contributed by atoms with Crippen molar-refractivity contribution in [3.63, 3.8) is 0 Å². The Morgan fingerprint density at radius 2 is 1.86 bits per heavy atom. The van der Waals surface area contributed by atoms with Crippen molar-refractivity contribution in [2.24, 2.45) is 17.4 Å². The molecule has 1 aromatic rings. The highest BCUT2D eigenvalue weighted by atomic mass is 16.5. The van der Waals surface area contributed by atoms with Crippen LogP contribution in [0, 0.1) is 5.92 Å². The first-order valence-corrected chi connectivity index (χ1v) is 10.2. The summed E-state index contributed by atoms with van der Waals surface area (Å²) in [5, 5.41) is 16.5. The van der Waals surface area contributed by atoms with Gasteiger partial charge in [-0.2, -0.15) is 4.98 Å². The molecule has 2 amide bonds. The van der Waals surface area contributed by atoms with E-state index in [-0.39, 0.29) is 23.8 Å². The summed E-state index contributed by atoms with van der Waals surface area (Å²) in [6.45, 7) is 0.354. The fourth-order valence-corrected chi connectivity index (χ4v) is 4.09. The summed E-state index contributed by atoms with van der Waals surface area (Å²) in [4.78, 5) is 31.2. The first-order chi connectivity index (χ1) is 13.9. The predicted octanol–water partition coefficient (Wildman–Crippen LogP) is 1.36. The Morgan fingerprint density at radius 1 is 1.10 bits per heavy atom. The molecule has 3 rings (SSSR count). The molecule has 7 N–H and O–H groups in total. The number of primary amides is 2. The standard InChI is InChI=1S/C19H30N6O4/c20-16(27)15-9-22-19(25-17(15)23-13-2-1-3-14(26)8-13)24-12-6-4-11(5-7-12)10-29-18(21)28/h9,11-14,26H,1-8,10H2,(H2,20,27)(H2,21,28)(H2,22,23,24,25)/t11?,12?,13-,14-/m1/s1. The van der Waals surface area contributed by atoms with E-state index in [1.807, 2.05) is 0 Å². The largest absolute Gasteiger partial charge is 0.449 e. The number of aliphatic hydroxyl groups excluding tert-OH is 1. The van der Waals surface area contributed by atoms with E-state index in [2.05, 4.69) is 20.6 Å². The third-order valence-electron chi connectivity index (χ3n) is 5.68. The molecule has 0 radical (unpaired) electrons. The summed E-state index contributed by atoms with van der Waals surface area (Å²) < 4.78 is 4.89. The molecule has 2 fully saturated rings. The van der Waals surface area contributed by atoms with Crippen molar-refractivity contribution in [2.75, 3.05) is 17.2 Å². The number of aromatic nitrogens is 2. The van der Waals surface area contributed by atoms with E-state index in [0.29, 0.717) is 30.7 Å². The van der Waals surface area contributed by atoms with Gasteiger partial charge in [-0.15, -0.1) is 0 Å². The number of aliphatic hydroxyl groups is 1. The lowest BCUT2D eigenvalue weighted by molar-refractivity contribution is 0.1000. The van der Waals surface area contributed by atoms with Crippen LogP contribution in [0.25, 0.3) is 0 Å². The molecular weight excluding hydrogens is 376 g/mol. The van der Waals surface area contributed by atoms with Gasteiger partial charge in [0.15, 0.2) is 0 Å². The topological polar surface area (TPSA) is 165 Å². The fraction of sp³-hybridized carbons (Fsp3) is 0.684. The van der Waals surface area contributed by atoms with Crippen molar-refractivity contribution in [1.82, 2.24) is 9.97 Å². The zero-order valence-corrected chi connectivity index (χ0v) is 16.5. The van der Waals surface area contributed by atoms with Crippen molar-refractivity contribution in [3.05, 3.63) is 11.8 Å². The number of carbonyl (C=O) groups excluding carboxylic acids is 2. The first-order valence-electron chi connectivity index (χ1n) is 10.2. The van der Waals surface area contributed by atoms with Crippen LogP contribution in [-0.4, -0.2) is 51.9 Å². The van der Waals surface area contributed by atoms with Crippen molar-refractivity contribution >= 4 is 23.8 Å². The smallest absolute Gasteiger partial charge is 0.404 e. The average molecular weight is 406 g/mol. The summed E-state index contributed by atoms with van der Waals surface area (Å²) in [7, 11) is 0. The predicted molar refractivity (Wildman–Crippen MR) is 107 cm³/mol. The summed E-state index contributed by atoms with van der Waals surface area (Å²) in [5.41, 5.74) is 10.7.